The summed E-state index contributed by atoms with van der Waals surface area (Å²) in [6.07, 6.45) is 1.35. The number of benzene rings is 1. The topological polar surface area (TPSA) is 49.9 Å². The van der Waals surface area contributed by atoms with Crippen LogP contribution in [0.5, 0.6) is 5.75 Å². The maximum atomic E-state index is 5.96. The number of ether oxygens (including phenoxy) is 1. The first-order valence-corrected chi connectivity index (χ1v) is 5.65. The van der Waals surface area contributed by atoms with Crippen LogP contribution in [0.25, 0.3) is 11.0 Å². The van der Waals surface area contributed by atoms with Crippen LogP contribution in [0.4, 0.5) is 0 Å². The maximum Gasteiger partial charge on any atom is 0.147 e. The number of aryl methyl sites for hydroxylation is 1. The first kappa shape index (κ1) is 9.66. The lowest BCUT2D eigenvalue weighted by atomic mass is 10.2. The molecule has 1 atom stereocenters. The molecule has 3 rings (SSSR count). The van der Waals surface area contributed by atoms with Crippen LogP contribution in [0, 0.1) is 6.92 Å². The molecule has 0 aliphatic carbocycles. The van der Waals surface area contributed by atoms with E-state index in [1.54, 1.807) is 0 Å². The molecule has 1 aliphatic heterocycles. The van der Waals surface area contributed by atoms with Gasteiger partial charge in [-0.1, -0.05) is 6.07 Å². The van der Waals surface area contributed by atoms with Crippen molar-refractivity contribution in [1.29, 1.82) is 0 Å². The van der Waals surface area contributed by atoms with Crippen molar-refractivity contribution in [2.45, 2.75) is 19.4 Å². The third-order valence-electron chi connectivity index (χ3n) is 2.90. The van der Waals surface area contributed by atoms with E-state index in [1.165, 1.54) is 0 Å². The molecule has 1 unspecified atom stereocenters. The molecule has 1 saturated heterocycles. The summed E-state index contributed by atoms with van der Waals surface area (Å²) in [7, 11) is 0. The van der Waals surface area contributed by atoms with E-state index in [-0.39, 0.29) is 6.10 Å². The SMILES string of the molecule is Cc1nc2c(OC3CCNC3)cccc2[nH]1. The number of imidazole rings is 1. The second-order valence-corrected chi connectivity index (χ2v) is 4.21. The standard InChI is InChI=1S/C12H15N3O/c1-8-14-10-3-2-4-11(12(10)15-8)16-9-5-6-13-7-9/h2-4,9,13H,5-7H2,1H3,(H,14,15). The van der Waals surface area contributed by atoms with Crippen LogP contribution in [0.3, 0.4) is 0 Å². The van der Waals surface area contributed by atoms with Crippen molar-refractivity contribution in [2.24, 2.45) is 0 Å². The smallest absolute Gasteiger partial charge is 0.147 e. The Kier molecular flexibility index (Phi) is 2.29. The average Bonchev–Trinajstić information content (AvgIpc) is 2.86. The van der Waals surface area contributed by atoms with Crippen LogP contribution >= 0.6 is 0 Å². The van der Waals surface area contributed by atoms with Crippen LogP contribution in [0.15, 0.2) is 18.2 Å². The Labute approximate surface area is 94.0 Å². The molecule has 1 aromatic heterocycles. The van der Waals surface area contributed by atoms with E-state index in [2.05, 4.69) is 15.3 Å². The Bertz CT molecular complexity index is 500. The number of hydrogen-bond acceptors (Lipinski definition) is 3. The van der Waals surface area contributed by atoms with Gasteiger partial charge in [0.1, 0.15) is 23.2 Å². The highest BCUT2D eigenvalue weighted by Gasteiger charge is 2.17. The van der Waals surface area contributed by atoms with Gasteiger partial charge < -0.3 is 15.0 Å². The summed E-state index contributed by atoms with van der Waals surface area (Å²) in [5, 5.41) is 3.29. The minimum Gasteiger partial charge on any atom is -0.487 e. The summed E-state index contributed by atoms with van der Waals surface area (Å²) in [6, 6.07) is 6.01. The number of H-pyrrole nitrogens is 1. The van der Waals surface area contributed by atoms with Crippen LogP contribution in [0.2, 0.25) is 0 Å². The number of para-hydroxylation sites is 1. The Hall–Kier alpha value is -1.55. The fraction of sp³-hybridized carbons (Fsp3) is 0.417. The van der Waals surface area contributed by atoms with Gasteiger partial charge in [-0.25, -0.2) is 4.98 Å². The second-order valence-electron chi connectivity index (χ2n) is 4.21. The van der Waals surface area contributed by atoms with E-state index in [0.717, 1.165) is 42.1 Å². The lowest BCUT2D eigenvalue weighted by Gasteiger charge is -2.12. The van der Waals surface area contributed by atoms with E-state index in [1.807, 2.05) is 25.1 Å². The van der Waals surface area contributed by atoms with Crippen LogP contribution < -0.4 is 10.1 Å². The molecule has 16 heavy (non-hydrogen) atoms. The maximum absolute atomic E-state index is 5.96. The number of aromatic nitrogens is 2. The van der Waals surface area contributed by atoms with Crippen molar-refractivity contribution in [1.82, 2.24) is 15.3 Å². The summed E-state index contributed by atoms with van der Waals surface area (Å²) >= 11 is 0. The van der Waals surface area contributed by atoms with Gasteiger partial charge in [0.15, 0.2) is 0 Å². The van der Waals surface area contributed by atoms with Crippen molar-refractivity contribution >= 4 is 11.0 Å². The summed E-state index contributed by atoms with van der Waals surface area (Å²) in [4.78, 5) is 7.67. The van der Waals surface area contributed by atoms with E-state index in [4.69, 9.17) is 4.74 Å². The van der Waals surface area contributed by atoms with Gasteiger partial charge in [0.25, 0.3) is 0 Å². The lowest BCUT2D eigenvalue weighted by molar-refractivity contribution is 0.225. The third kappa shape index (κ3) is 1.65. The number of rotatable bonds is 2. The molecule has 0 amide bonds. The zero-order valence-corrected chi connectivity index (χ0v) is 9.29. The van der Waals surface area contributed by atoms with Gasteiger partial charge >= 0.3 is 0 Å². The molecule has 0 bridgehead atoms. The Balaban J connectivity index is 1.95. The predicted octanol–water partition coefficient (Wildman–Crippen LogP) is 1.61. The van der Waals surface area contributed by atoms with Crippen molar-refractivity contribution in [3.05, 3.63) is 24.0 Å². The average molecular weight is 217 g/mol. The van der Waals surface area contributed by atoms with Gasteiger partial charge in [0.2, 0.25) is 0 Å². The molecule has 4 heteroatoms. The molecule has 0 saturated carbocycles. The van der Waals surface area contributed by atoms with E-state index in [9.17, 15) is 0 Å². The quantitative estimate of drug-likeness (QED) is 0.803. The van der Waals surface area contributed by atoms with Crippen molar-refractivity contribution in [3.63, 3.8) is 0 Å². The minimum absolute atomic E-state index is 0.280. The number of fused-ring (bicyclic) bond motifs is 1. The van der Waals surface area contributed by atoms with Gasteiger partial charge in [0, 0.05) is 6.54 Å². The van der Waals surface area contributed by atoms with Crippen molar-refractivity contribution in [2.75, 3.05) is 13.1 Å². The lowest BCUT2D eigenvalue weighted by Crippen LogP contribution is -2.19. The highest BCUT2D eigenvalue weighted by atomic mass is 16.5. The largest absolute Gasteiger partial charge is 0.487 e. The molecule has 4 nitrogen and oxygen atoms in total. The Morgan fingerprint density at radius 1 is 1.44 bits per heavy atom. The van der Waals surface area contributed by atoms with Gasteiger partial charge in [-0.05, 0) is 32.0 Å². The molecule has 1 fully saturated rings. The number of aromatic amines is 1. The van der Waals surface area contributed by atoms with Crippen molar-refractivity contribution < 1.29 is 4.74 Å². The molecule has 1 aliphatic rings. The monoisotopic (exact) mass is 217 g/mol. The molecule has 2 N–H and O–H groups in total. The Morgan fingerprint density at radius 3 is 3.19 bits per heavy atom. The van der Waals surface area contributed by atoms with Crippen LogP contribution in [0.1, 0.15) is 12.2 Å². The molecule has 1 aromatic carbocycles. The summed E-state index contributed by atoms with van der Waals surface area (Å²) in [5.41, 5.74) is 1.98. The van der Waals surface area contributed by atoms with Gasteiger partial charge in [-0.2, -0.15) is 0 Å². The molecule has 0 spiro atoms. The van der Waals surface area contributed by atoms with Gasteiger partial charge in [-0.15, -0.1) is 0 Å². The minimum atomic E-state index is 0.280. The summed E-state index contributed by atoms with van der Waals surface area (Å²) in [6.45, 7) is 3.93. The molecule has 2 aromatic rings. The van der Waals surface area contributed by atoms with Gasteiger partial charge in [-0.3, -0.25) is 0 Å². The molecule has 84 valence electrons. The van der Waals surface area contributed by atoms with E-state index >= 15 is 0 Å². The normalized spacial score (nSPS) is 20.4. The number of nitrogens with zero attached hydrogens (tertiary/aromatic N) is 1. The summed E-state index contributed by atoms with van der Waals surface area (Å²) in [5.74, 6) is 1.81. The summed E-state index contributed by atoms with van der Waals surface area (Å²) < 4.78 is 5.96. The van der Waals surface area contributed by atoms with Crippen LogP contribution in [-0.2, 0) is 0 Å². The zero-order valence-electron chi connectivity index (χ0n) is 9.29. The molecular weight excluding hydrogens is 202 g/mol. The Morgan fingerprint density at radius 2 is 2.38 bits per heavy atom. The fourth-order valence-corrected chi connectivity index (χ4v) is 2.13. The highest BCUT2D eigenvalue weighted by molar-refractivity contribution is 5.81. The van der Waals surface area contributed by atoms with E-state index < -0.39 is 0 Å². The highest BCUT2D eigenvalue weighted by Crippen LogP contribution is 2.25. The zero-order chi connectivity index (χ0) is 11.0. The fourth-order valence-electron chi connectivity index (χ4n) is 2.13. The molecule has 2 heterocycles. The molecular formula is C12H15N3O. The third-order valence-corrected chi connectivity index (χ3v) is 2.90. The van der Waals surface area contributed by atoms with Crippen molar-refractivity contribution in [3.8, 4) is 5.75 Å². The number of nitrogens with one attached hydrogen (secondary N) is 2. The first-order valence-electron chi connectivity index (χ1n) is 5.65. The number of hydrogen-bond donors (Lipinski definition) is 2. The predicted molar refractivity (Wildman–Crippen MR) is 62.7 cm³/mol. The van der Waals surface area contributed by atoms with Gasteiger partial charge in [0.05, 0.1) is 5.52 Å². The van der Waals surface area contributed by atoms with Crippen LogP contribution in [-0.4, -0.2) is 29.2 Å². The molecule has 0 radical (unpaired) electrons. The van der Waals surface area contributed by atoms with E-state index in [0.29, 0.717) is 0 Å². The first-order chi connectivity index (χ1) is 7.83. The second kappa shape index (κ2) is 3.79.